The summed E-state index contributed by atoms with van der Waals surface area (Å²) in [6.45, 7) is -0.240. The summed E-state index contributed by atoms with van der Waals surface area (Å²) in [6.07, 6.45) is 4.23. The number of guanidine groups is 1. The van der Waals surface area contributed by atoms with Gasteiger partial charge >= 0.3 is 6.03 Å². The van der Waals surface area contributed by atoms with Crippen molar-refractivity contribution in [2.45, 2.75) is 162 Å². The Balaban J connectivity index is 1.26. The number of fused-ring (bicyclic) bond motifs is 3. The van der Waals surface area contributed by atoms with E-state index in [9.17, 15) is 63.0 Å². The number of aromatic nitrogens is 3. The summed E-state index contributed by atoms with van der Waals surface area (Å²) in [5, 5.41) is 55.6. The average Bonchev–Trinajstić information content (AvgIpc) is 1.67. The molecule has 1 aromatic carbocycles. The van der Waals surface area contributed by atoms with Gasteiger partial charge in [-0.15, -0.1) is 5.10 Å². The molecule has 1 unspecified atom stereocenters. The highest BCUT2D eigenvalue weighted by Crippen LogP contribution is 2.33. The number of nitrogens with zero attached hydrogens (tertiary/aromatic N) is 4. The zero-order valence-electron chi connectivity index (χ0n) is 51.9. The summed E-state index contributed by atoms with van der Waals surface area (Å²) < 4.78 is 18.1. The third-order valence-electron chi connectivity index (χ3n) is 15.1. The lowest BCUT2D eigenvalue weighted by atomic mass is 10.0. The molecule has 35 nitrogen and oxygen atoms in total. The minimum absolute atomic E-state index is 0.0113. The monoisotopic (exact) mass is 1330 g/mol. The molecule has 93 heavy (non-hydrogen) atoms. The van der Waals surface area contributed by atoms with Gasteiger partial charge in [-0.2, -0.15) is 11.8 Å². The predicted molar refractivity (Wildman–Crippen MR) is 335 cm³/mol. The molecule has 12 amide bonds. The topological polar surface area (TPSA) is 549 Å². The van der Waals surface area contributed by atoms with Crippen LogP contribution < -0.4 is 81.8 Å². The molecular weight excluding hydrogens is 1240 g/mol. The Labute approximate surface area is 541 Å². The number of nitrogens with one attached hydrogen (secondary N) is 10. The quantitative estimate of drug-likeness (QED) is 0.0145. The van der Waals surface area contributed by atoms with Crippen molar-refractivity contribution < 1.29 is 77.2 Å². The number of aliphatic hydroxyl groups is 1. The number of benzene rings is 1. The van der Waals surface area contributed by atoms with Gasteiger partial charge in [-0.25, -0.2) is 4.79 Å². The van der Waals surface area contributed by atoms with Gasteiger partial charge in [-0.05, 0) is 88.4 Å². The summed E-state index contributed by atoms with van der Waals surface area (Å²) in [7, 11) is 0. The maximum Gasteiger partial charge on any atom is 0.315 e. The number of carbonyl (C=O) groups is 11. The molecule has 10 atom stereocenters. The fourth-order valence-electron chi connectivity index (χ4n) is 10.2. The second-order valence-electron chi connectivity index (χ2n) is 22.5. The third-order valence-corrected chi connectivity index (χ3v) is 16.6. The number of phenols is 1. The Morgan fingerprint density at radius 1 is 0.688 bits per heavy atom. The van der Waals surface area contributed by atoms with Crippen LogP contribution in [0.4, 0.5) is 4.79 Å². The summed E-state index contributed by atoms with van der Waals surface area (Å²) in [4.78, 5) is 152. The second-order valence-corrected chi connectivity index (χ2v) is 23.8. The Hall–Kier alpha value is -8.45. The molecule has 5 rings (SSSR count). The van der Waals surface area contributed by atoms with Crippen molar-refractivity contribution in [3.05, 3.63) is 41.7 Å². The van der Waals surface area contributed by atoms with Crippen LogP contribution in [0.25, 0.3) is 0 Å². The normalized spacial score (nSPS) is 23.6. The molecule has 2 saturated heterocycles. The van der Waals surface area contributed by atoms with Crippen LogP contribution in [-0.4, -0.2) is 228 Å². The molecule has 3 aliphatic rings. The molecule has 3 aliphatic heterocycles. The van der Waals surface area contributed by atoms with Crippen molar-refractivity contribution in [2.24, 2.45) is 33.7 Å². The molecule has 36 heteroatoms. The largest absolute Gasteiger partial charge is 0.508 e. The molecule has 4 heterocycles. The first-order chi connectivity index (χ1) is 44.6. The van der Waals surface area contributed by atoms with E-state index in [1.165, 1.54) is 35.1 Å². The predicted octanol–water partition coefficient (Wildman–Crippen LogP) is -6.23. The van der Waals surface area contributed by atoms with E-state index < -0.39 is 115 Å². The zero-order valence-corrected chi connectivity index (χ0v) is 52.8. The Bertz CT molecular complexity index is 2830. The van der Waals surface area contributed by atoms with Gasteiger partial charge in [0.25, 0.3) is 0 Å². The van der Waals surface area contributed by atoms with Gasteiger partial charge < -0.3 is 106 Å². The molecule has 1 aromatic heterocycles. The maximum absolute atomic E-state index is 14.4. The number of ether oxygens (including phenoxy) is 3. The molecule has 0 spiro atoms. The van der Waals surface area contributed by atoms with Crippen LogP contribution >= 0.6 is 11.8 Å². The number of aromatic hydroxyl groups is 1. The van der Waals surface area contributed by atoms with E-state index >= 15 is 0 Å². The van der Waals surface area contributed by atoms with E-state index in [2.05, 4.69) is 68.5 Å². The second kappa shape index (κ2) is 40.5. The smallest absolute Gasteiger partial charge is 0.315 e. The van der Waals surface area contributed by atoms with Gasteiger partial charge in [0.2, 0.25) is 59.1 Å². The van der Waals surface area contributed by atoms with Crippen LogP contribution in [0.5, 0.6) is 5.75 Å². The van der Waals surface area contributed by atoms with Crippen molar-refractivity contribution in [3.63, 3.8) is 0 Å². The van der Waals surface area contributed by atoms with Crippen LogP contribution in [0.15, 0.2) is 35.5 Å². The number of aryl methyl sites for hydroxylation is 1. The SMILES string of the molecule is NCCCC[C@@H]1NC(=O)[C@H](CC(N)=O)NC(=O)[C@H](Cc2ccc(O)cc2)NC(=O)[C@H](CO)NC(=O)[C@H](CCCN=C(N)N)NC(=O)[C@@H](NC(=O)COCCOCCOCCNC(=O)CCCCC2SC[C@@H]3NC(=O)N[C@H]23)Cc2cn(nn2)CCCC[C@@H](C(N)=O)NC1=O. The number of primary amides is 2. The van der Waals surface area contributed by atoms with Crippen LogP contribution in [0.3, 0.4) is 0 Å². The lowest BCUT2D eigenvalue weighted by molar-refractivity contribution is -0.136. The first-order valence-corrected chi connectivity index (χ1v) is 32.1. The van der Waals surface area contributed by atoms with Crippen molar-refractivity contribution >= 4 is 82.8 Å². The number of hydrogen-bond donors (Lipinski definition) is 17. The van der Waals surface area contributed by atoms with Crippen molar-refractivity contribution in [3.8, 4) is 5.75 Å². The number of hydrogen-bond acceptors (Lipinski definition) is 21. The van der Waals surface area contributed by atoms with Gasteiger partial charge in [-0.3, -0.25) is 57.6 Å². The number of unbranched alkanes of at least 4 members (excludes halogenated alkanes) is 2. The van der Waals surface area contributed by atoms with Crippen molar-refractivity contribution in [2.75, 3.05) is 71.6 Å². The minimum atomic E-state index is -1.83. The number of amides is 12. The van der Waals surface area contributed by atoms with Crippen molar-refractivity contribution in [1.82, 2.24) is 68.2 Å². The molecule has 0 saturated carbocycles. The first-order valence-electron chi connectivity index (χ1n) is 31.0. The minimum Gasteiger partial charge on any atom is -0.508 e. The van der Waals surface area contributed by atoms with E-state index in [1.54, 1.807) is 0 Å². The molecular formula is C57H91N19O16S. The number of aliphatic hydroxyl groups excluding tert-OH is 1. The number of aliphatic imine (C=N–C) groups is 1. The van der Waals surface area contributed by atoms with Crippen LogP contribution in [-0.2, 0) is 81.5 Å². The summed E-state index contributed by atoms with van der Waals surface area (Å²) in [5.74, 6) is -8.36. The van der Waals surface area contributed by atoms with E-state index in [0.717, 1.165) is 25.0 Å². The van der Waals surface area contributed by atoms with Gasteiger partial charge in [0.15, 0.2) is 5.96 Å². The highest BCUT2D eigenvalue weighted by molar-refractivity contribution is 8.00. The van der Waals surface area contributed by atoms with Gasteiger partial charge in [-0.1, -0.05) is 23.8 Å². The summed E-state index contributed by atoms with van der Waals surface area (Å²) in [6, 6.07) is -5.19. The van der Waals surface area contributed by atoms with E-state index in [0.29, 0.717) is 49.5 Å². The highest BCUT2D eigenvalue weighted by atomic mass is 32.2. The fraction of sp³-hybridized carbons (Fsp3) is 0.649. The number of rotatable bonds is 31. The number of phenolic OH excluding ortho intramolecular Hbond substituents is 1. The zero-order chi connectivity index (χ0) is 67.7. The maximum atomic E-state index is 14.4. The molecule has 516 valence electrons. The number of thioether (sulfide) groups is 1. The molecule has 2 aromatic rings. The molecule has 2 fully saturated rings. The van der Waals surface area contributed by atoms with Crippen molar-refractivity contribution in [1.29, 1.82) is 0 Å². The van der Waals surface area contributed by atoms with E-state index in [4.69, 9.17) is 42.9 Å². The Kier molecular flexibility index (Phi) is 32.8. The molecule has 0 radical (unpaired) electrons. The molecule has 0 aliphatic carbocycles. The lowest BCUT2D eigenvalue weighted by Crippen LogP contribution is -2.61. The van der Waals surface area contributed by atoms with Gasteiger partial charge in [0, 0.05) is 56.1 Å². The van der Waals surface area contributed by atoms with Crippen LogP contribution in [0.2, 0.25) is 0 Å². The first kappa shape index (κ1) is 75.3. The van der Waals surface area contributed by atoms with Gasteiger partial charge in [0.1, 0.15) is 54.6 Å². The summed E-state index contributed by atoms with van der Waals surface area (Å²) in [5.41, 5.74) is 28.6. The molecule has 22 N–H and O–H groups in total. The standard InChI is InChI=1S/C57H91N19O16S/c58-17-5-3-9-37-50(83)66-36(49(60)82)8-4-6-20-76-29-34(74-75-76)27-40(65-47(81)31-92-25-24-91-23-22-90-21-19-63-46(80)12-2-1-11-44-48-43(32-93-44)72-57(89)73-48)53(86)68-38(10-7-18-64-56(61)62)51(84)71-42(30-77)55(88)69-39(26-33-13-15-35(78)16-14-33)52(85)70-41(28-45(59)79)54(87)67-37/h13-16,29,36-44,48,77-78H,1-12,17-28,30-32,58H2,(H2,59,79)(H2,60,82)(H,63,80)(H,65,81)(H,66,83)(H,67,87)(H,68,86)(H,69,88)(H,70,85)(H,71,84)(H4,61,62,64)(H2,72,73,89)/t36-,37-,38-,39-,40-,41-,42-,43-,44?,48-/m0/s1. The van der Waals surface area contributed by atoms with Crippen LogP contribution in [0, 0.1) is 0 Å². The number of urea groups is 1. The number of carbonyl (C=O) groups excluding carboxylic acids is 11. The Morgan fingerprint density at radius 2 is 1.31 bits per heavy atom. The summed E-state index contributed by atoms with van der Waals surface area (Å²) >= 11 is 1.84. The number of nitrogens with two attached hydrogens (primary N) is 5. The Morgan fingerprint density at radius 3 is 2.01 bits per heavy atom. The van der Waals surface area contributed by atoms with Crippen LogP contribution in [0.1, 0.15) is 94.7 Å². The molecule has 2 bridgehead atoms. The highest BCUT2D eigenvalue weighted by Gasteiger charge is 2.43. The van der Waals surface area contributed by atoms with E-state index in [1.807, 2.05) is 11.8 Å². The fourth-order valence-corrected chi connectivity index (χ4v) is 11.7. The van der Waals surface area contributed by atoms with E-state index in [-0.39, 0.29) is 133 Å². The lowest BCUT2D eigenvalue weighted by Gasteiger charge is -2.27. The average molecular weight is 1330 g/mol. The third kappa shape index (κ3) is 27.7. The van der Waals surface area contributed by atoms with Gasteiger partial charge in [0.05, 0.1) is 63.8 Å².